The number of nitrogens with zero attached hydrogens (tertiary/aromatic N) is 1. The Kier molecular flexibility index (Phi) is 7.00. The van der Waals surface area contributed by atoms with Crippen molar-refractivity contribution in [1.82, 2.24) is 4.90 Å². The summed E-state index contributed by atoms with van der Waals surface area (Å²) in [4.78, 5) is 39.1. The molecule has 2 atom stereocenters. The number of thiophene rings is 1. The molecule has 0 saturated carbocycles. The molecule has 0 spiro atoms. The predicted octanol–water partition coefficient (Wildman–Crippen LogP) is 2.64. The Morgan fingerprint density at radius 2 is 1.85 bits per heavy atom. The number of nitrogens with two attached hydrogens (primary N) is 1. The van der Waals surface area contributed by atoms with Crippen LogP contribution in [0.2, 0.25) is 0 Å². The smallest absolute Gasteiger partial charge is 0.341 e. The van der Waals surface area contributed by atoms with E-state index in [0.29, 0.717) is 22.4 Å². The normalized spacial score (nSPS) is 20.5. The van der Waals surface area contributed by atoms with Crippen LogP contribution in [0, 0.1) is 18.8 Å². The molecule has 2 amide bonds. The molecule has 0 bridgehead atoms. The Labute approximate surface area is 164 Å². The number of carbonyl (C=O) groups is 3. The number of amides is 2. The summed E-state index contributed by atoms with van der Waals surface area (Å²) in [7, 11) is 0. The van der Waals surface area contributed by atoms with Gasteiger partial charge in [-0.15, -0.1) is 11.3 Å². The van der Waals surface area contributed by atoms with Crippen molar-refractivity contribution >= 4 is 34.1 Å². The first-order valence-electron chi connectivity index (χ1n) is 9.24. The van der Waals surface area contributed by atoms with Gasteiger partial charge in [-0.2, -0.15) is 0 Å². The molecule has 1 saturated heterocycles. The van der Waals surface area contributed by atoms with Gasteiger partial charge in [0.05, 0.1) is 23.1 Å². The molecule has 150 valence electrons. The molecule has 2 heterocycles. The average Bonchev–Trinajstić information content (AvgIpc) is 2.81. The topological polar surface area (TPSA) is 102 Å². The van der Waals surface area contributed by atoms with Crippen molar-refractivity contribution in [2.45, 2.75) is 47.1 Å². The number of primary amides is 1. The third-order valence-electron chi connectivity index (χ3n) is 4.48. The van der Waals surface area contributed by atoms with Gasteiger partial charge < -0.3 is 15.8 Å². The fraction of sp³-hybridized carbons (Fsp3) is 0.632. The molecule has 7 nitrogen and oxygen atoms in total. The fourth-order valence-corrected chi connectivity index (χ4v) is 4.71. The standard InChI is InChI=1S/C19H29N3O4S/c1-10(2)26-19(25)15-13(5)16(17(20)24)27-18(15)21-14(23)9-22-7-11(3)6-12(4)8-22/h10-12H,6-9H2,1-5H3,(H2,20,24)(H,21,23)/t11-,12+. The number of ether oxygens (including phenoxy) is 1. The molecule has 0 unspecified atom stereocenters. The van der Waals surface area contributed by atoms with Crippen molar-refractivity contribution in [3.63, 3.8) is 0 Å². The fourth-order valence-electron chi connectivity index (χ4n) is 3.65. The van der Waals surface area contributed by atoms with E-state index >= 15 is 0 Å². The van der Waals surface area contributed by atoms with E-state index in [1.807, 2.05) is 0 Å². The highest BCUT2D eigenvalue weighted by molar-refractivity contribution is 7.18. The van der Waals surface area contributed by atoms with E-state index in [4.69, 9.17) is 10.5 Å². The number of nitrogens with one attached hydrogen (secondary N) is 1. The molecule has 3 N–H and O–H groups in total. The number of rotatable bonds is 6. The summed E-state index contributed by atoms with van der Waals surface area (Å²) >= 11 is 1.02. The first kappa shape index (κ1) is 21.4. The second-order valence-electron chi connectivity index (χ2n) is 7.77. The number of carbonyl (C=O) groups excluding carboxylic acids is 3. The molecule has 1 aliphatic rings. The molecule has 8 heteroatoms. The summed E-state index contributed by atoms with van der Waals surface area (Å²) in [5.74, 6) is -0.323. The molecule has 0 radical (unpaired) electrons. The van der Waals surface area contributed by atoms with E-state index < -0.39 is 11.9 Å². The first-order chi connectivity index (χ1) is 12.6. The molecule has 1 aromatic rings. The third kappa shape index (κ3) is 5.52. The molecule has 2 rings (SSSR count). The maximum absolute atomic E-state index is 12.6. The van der Waals surface area contributed by atoms with Crippen LogP contribution < -0.4 is 11.1 Å². The van der Waals surface area contributed by atoms with E-state index in [2.05, 4.69) is 24.1 Å². The maximum atomic E-state index is 12.6. The van der Waals surface area contributed by atoms with Crippen LogP contribution in [0.25, 0.3) is 0 Å². The zero-order valence-corrected chi connectivity index (χ0v) is 17.4. The number of hydrogen-bond acceptors (Lipinski definition) is 6. The van der Waals surface area contributed by atoms with E-state index in [0.717, 1.165) is 30.8 Å². The van der Waals surface area contributed by atoms with Crippen molar-refractivity contribution < 1.29 is 19.1 Å². The Morgan fingerprint density at radius 1 is 1.26 bits per heavy atom. The summed E-state index contributed by atoms with van der Waals surface area (Å²) in [5.41, 5.74) is 6.05. The van der Waals surface area contributed by atoms with Gasteiger partial charge in [-0.3, -0.25) is 14.5 Å². The minimum atomic E-state index is -0.629. The van der Waals surface area contributed by atoms with Crippen molar-refractivity contribution in [1.29, 1.82) is 0 Å². The van der Waals surface area contributed by atoms with Crippen molar-refractivity contribution in [2.75, 3.05) is 25.0 Å². The molecular weight excluding hydrogens is 366 g/mol. The predicted molar refractivity (Wildman–Crippen MR) is 106 cm³/mol. The van der Waals surface area contributed by atoms with Crippen LogP contribution in [0.15, 0.2) is 0 Å². The third-order valence-corrected chi connectivity index (χ3v) is 5.70. The lowest BCUT2D eigenvalue weighted by Gasteiger charge is -2.34. The van der Waals surface area contributed by atoms with Gasteiger partial charge in [-0.1, -0.05) is 13.8 Å². The monoisotopic (exact) mass is 395 g/mol. The Morgan fingerprint density at radius 3 is 2.37 bits per heavy atom. The number of likely N-dealkylation sites (tertiary alicyclic amines) is 1. The summed E-state index contributed by atoms with van der Waals surface area (Å²) < 4.78 is 5.26. The van der Waals surface area contributed by atoms with Crippen molar-refractivity contribution in [2.24, 2.45) is 17.6 Å². The summed E-state index contributed by atoms with van der Waals surface area (Å²) in [5, 5.41) is 3.10. The largest absolute Gasteiger partial charge is 0.459 e. The molecule has 1 aliphatic heterocycles. The van der Waals surface area contributed by atoms with Gasteiger partial charge in [-0.05, 0) is 44.6 Å². The van der Waals surface area contributed by atoms with Gasteiger partial charge >= 0.3 is 5.97 Å². The van der Waals surface area contributed by atoms with Crippen LogP contribution in [-0.2, 0) is 9.53 Å². The zero-order chi connectivity index (χ0) is 20.3. The van der Waals surface area contributed by atoms with Gasteiger partial charge in [-0.25, -0.2) is 4.79 Å². The van der Waals surface area contributed by atoms with Crippen LogP contribution in [0.1, 0.15) is 59.7 Å². The number of esters is 1. The van der Waals surface area contributed by atoms with Crippen molar-refractivity contribution in [3.05, 3.63) is 16.0 Å². The lowest BCUT2D eigenvalue weighted by molar-refractivity contribution is -0.117. The molecule has 0 aromatic carbocycles. The highest BCUT2D eigenvalue weighted by Gasteiger charge is 2.28. The molecule has 1 fully saturated rings. The van der Waals surface area contributed by atoms with Crippen LogP contribution in [0.5, 0.6) is 0 Å². The van der Waals surface area contributed by atoms with Crippen LogP contribution in [-0.4, -0.2) is 48.4 Å². The molecule has 27 heavy (non-hydrogen) atoms. The summed E-state index contributed by atoms with van der Waals surface area (Å²) in [6.07, 6.45) is 0.851. The van der Waals surface area contributed by atoms with Gasteiger partial charge in [0.2, 0.25) is 5.91 Å². The van der Waals surface area contributed by atoms with Gasteiger partial charge in [0.1, 0.15) is 5.00 Å². The second kappa shape index (κ2) is 8.84. The Balaban J connectivity index is 2.18. The molecular formula is C19H29N3O4S. The maximum Gasteiger partial charge on any atom is 0.341 e. The van der Waals surface area contributed by atoms with Gasteiger partial charge in [0, 0.05) is 13.1 Å². The van der Waals surface area contributed by atoms with E-state index in [1.165, 1.54) is 0 Å². The highest BCUT2D eigenvalue weighted by atomic mass is 32.1. The van der Waals surface area contributed by atoms with Crippen molar-refractivity contribution in [3.8, 4) is 0 Å². The van der Waals surface area contributed by atoms with Crippen LogP contribution in [0.4, 0.5) is 5.00 Å². The summed E-state index contributed by atoms with van der Waals surface area (Å²) in [6.45, 7) is 11.5. The molecule has 0 aliphatic carbocycles. The molecule has 1 aromatic heterocycles. The Hall–Kier alpha value is -1.93. The van der Waals surface area contributed by atoms with E-state index in [-0.39, 0.29) is 29.0 Å². The SMILES string of the molecule is Cc1c(C(N)=O)sc(NC(=O)CN2C[C@H](C)C[C@H](C)C2)c1C(=O)OC(C)C. The van der Waals surface area contributed by atoms with Gasteiger partial charge in [0.25, 0.3) is 5.91 Å². The summed E-state index contributed by atoms with van der Waals surface area (Å²) in [6, 6.07) is 0. The van der Waals surface area contributed by atoms with E-state index in [1.54, 1.807) is 20.8 Å². The Bertz CT molecular complexity index is 719. The van der Waals surface area contributed by atoms with Crippen LogP contribution in [0.3, 0.4) is 0 Å². The lowest BCUT2D eigenvalue weighted by atomic mass is 9.92. The second-order valence-corrected chi connectivity index (χ2v) is 8.79. The van der Waals surface area contributed by atoms with Crippen LogP contribution >= 0.6 is 11.3 Å². The quantitative estimate of drug-likeness (QED) is 0.721. The highest BCUT2D eigenvalue weighted by Crippen LogP contribution is 2.34. The number of piperidine rings is 1. The number of anilines is 1. The minimum Gasteiger partial charge on any atom is -0.459 e. The van der Waals surface area contributed by atoms with E-state index in [9.17, 15) is 14.4 Å². The van der Waals surface area contributed by atoms with Gasteiger partial charge in [0.15, 0.2) is 0 Å². The lowest BCUT2D eigenvalue weighted by Crippen LogP contribution is -2.42. The minimum absolute atomic E-state index is 0.205. The average molecular weight is 396 g/mol. The zero-order valence-electron chi connectivity index (χ0n) is 16.6. The first-order valence-corrected chi connectivity index (χ1v) is 10.1. The number of hydrogen-bond donors (Lipinski definition) is 2.